The number of aromatic amines is 1. The minimum Gasteiger partial charge on any atom is -0.367 e. The highest BCUT2D eigenvalue weighted by molar-refractivity contribution is 5.23. The van der Waals surface area contributed by atoms with Gasteiger partial charge in [0.05, 0.1) is 30.3 Å². The lowest BCUT2D eigenvalue weighted by Crippen LogP contribution is -2.12. The number of nitrogens with one attached hydrogen (secondary N) is 1. The molecule has 1 aliphatic rings. The van der Waals surface area contributed by atoms with Gasteiger partial charge in [0.2, 0.25) is 0 Å². The first kappa shape index (κ1) is 11.5. The first-order valence-electron chi connectivity index (χ1n) is 6.31. The molecular weight excluding hydrogens is 230 g/mol. The van der Waals surface area contributed by atoms with Crippen molar-refractivity contribution in [2.75, 3.05) is 0 Å². The summed E-state index contributed by atoms with van der Waals surface area (Å²) in [4.78, 5) is 0. The maximum Gasteiger partial charge on any atom is 0.139 e. The molecule has 0 bridgehead atoms. The van der Waals surface area contributed by atoms with Crippen LogP contribution < -0.4 is 0 Å². The molecule has 0 spiro atoms. The van der Waals surface area contributed by atoms with Crippen LogP contribution in [-0.2, 0) is 17.8 Å². The Balaban J connectivity index is 1.72. The average Bonchev–Trinajstić information content (AvgIpc) is 2.95. The summed E-state index contributed by atoms with van der Waals surface area (Å²) in [7, 11) is 0. The number of aromatic nitrogens is 3. The molecule has 2 heterocycles. The third-order valence-electron chi connectivity index (χ3n) is 3.60. The number of fused-ring (bicyclic) bond motifs is 1. The predicted molar refractivity (Wildman–Crippen MR) is 65.0 cm³/mol. The highest BCUT2D eigenvalue weighted by Crippen LogP contribution is 2.31. The average molecular weight is 247 g/mol. The molecule has 0 fully saturated rings. The maximum absolute atomic E-state index is 6.00. The molecule has 0 saturated heterocycles. The number of hydrogen-bond donors (Lipinski definition) is 1. The summed E-state index contributed by atoms with van der Waals surface area (Å²) in [5, 5.41) is 11.1. The number of aryl methyl sites for hydroxylation is 3. The molecule has 1 atom stereocenters. The molecule has 2 aromatic rings. The molecule has 1 N–H and O–H groups in total. The van der Waals surface area contributed by atoms with Crippen LogP contribution in [0.5, 0.6) is 0 Å². The Bertz CT molecular complexity index is 525. The second-order valence-corrected chi connectivity index (χ2v) is 4.80. The van der Waals surface area contributed by atoms with E-state index in [1.807, 2.05) is 20.0 Å². The fourth-order valence-electron chi connectivity index (χ4n) is 2.48. The van der Waals surface area contributed by atoms with E-state index in [-0.39, 0.29) is 6.10 Å². The molecule has 0 radical (unpaired) electrons. The lowest BCUT2D eigenvalue weighted by atomic mass is 9.96. The molecule has 5 nitrogen and oxygen atoms in total. The quantitative estimate of drug-likeness (QED) is 0.905. The van der Waals surface area contributed by atoms with Crippen LogP contribution in [0.25, 0.3) is 0 Å². The molecule has 5 heteroatoms. The van der Waals surface area contributed by atoms with E-state index in [1.165, 1.54) is 5.56 Å². The fourth-order valence-corrected chi connectivity index (χ4v) is 2.48. The topological polar surface area (TPSA) is 63.9 Å². The summed E-state index contributed by atoms with van der Waals surface area (Å²) in [5.41, 5.74) is 4.38. The largest absolute Gasteiger partial charge is 0.367 e. The Morgan fingerprint density at radius 3 is 3.17 bits per heavy atom. The molecule has 0 amide bonds. The van der Waals surface area contributed by atoms with E-state index in [2.05, 4.69) is 15.4 Å². The zero-order valence-electron chi connectivity index (χ0n) is 10.7. The van der Waals surface area contributed by atoms with Gasteiger partial charge in [0.25, 0.3) is 0 Å². The Labute approximate surface area is 106 Å². The van der Waals surface area contributed by atoms with Gasteiger partial charge in [0.15, 0.2) is 0 Å². The second-order valence-electron chi connectivity index (χ2n) is 4.80. The smallest absolute Gasteiger partial charge is 0.139 e. The molecule has 1 aliphatic carbocycles. The third-order valence-corrected chi connectivity index (χ3v) is 3.60. The van der Waals surface area contributed by atoms with Crippen molar-refractivity contribution in [1.82, 2.24) is 15.4 Å². The van der Waals surface area contributed by atoms with Crippen LogP contribution in [0.4, 0.5) is 0 Å². The van der Waals surface area contributed by atoms with Crippen molar-refractivity contribution in [3.8, 4) is 0 Å². The van der Waals surface area contributed by atoms with Crippen LogP contribution in [0, 0.1) is 13.8 Å². The highest BCUT2D eigenvalue weighted by atomic mass is 16.5. The van der Waals surface area contributed by atoms with Crippen molar-refractivity contribution in [2.45, 2.75) is 45.8 Å². The zero-order chi connectivity index (χ0) is 12.5. The van der Waals surface area contributed by atoms with Gasteiger partial charge in [-0.2, -0.15) is 5.10 Å². The number of hydrogen-bond acceptors (Lipinski definition) is 4. The van der Waals surface area contributed by atoms with Gasteiger partial charge >= 0.3 is 0 Å². The zero-order valence-corrected chi connectivity index (χ0v) is 10.7. The van der Waals surface area contributed by atoms with E-state index >= 15 is 0 Å². The van der Waals surface area contributed by atoms with Crippen LogP contribution in [0.3, 0.4) is 0 Å². The van der Waals surface area contributed by atoms with E-state index in [4.69, 9.17) is 9.26 Å². The van der Waals surface area contributed by atoms with Crippen LogP contribution in [-0.4, -0.2) is 15.4 Å². The van der Waals surface area contributed by atoms with E-state index in [0.717, 1.165) is 42.0 Å². The first-order valence-corrected chi connectivity index (χ1v) is 6.31. The van der Waals surface area contributed by atoms with Gasteiger partial charge in [-0.25, -0.2) is 0 Å². The van der Waals surface area contributed by atoms with Gasteiger partial charge in [0.1, 0.15) is 5.76 Å². The summed E-state index contributed by atoms with van der Waals surface area (Å²) in [5.74, 6) is 0.841. The van der Waals surface area contributed by atoms with Crippen LogP contribution in [0.1, 0.15) is 47.2 Å². The summed E-state index contributed by atoms with van der Waals surface area (Å²) in [6, 6.07) is 0. The van der Waals surface area contributed by atoms with E-state index in [1.54, 1.807) is 0 Å². The molecular formula is C13H17N3O2. The van der Waals surface area contributed by atoms with E-state index < -0.39 is 0 Å². The monoisotopic (exact) mass is 247 g/mol. The molecule has 0 saturated carbocycles. The van der Waals surface area contributed by atoms with Gasteiger partial charge < -0.3 is 9.26 Å². The van der Waals surface area contributed by atoms with Crippen molar-refractivity contribution in [2.24, 2.45) is 0 Å². The van der Waals surface area contributed by atoms with Gasteiger partial charge in [-0.1, -0.05) is 5.16 Å². The van der Waals surface area contributed by atoms with Gasteiger partial charge in [-0.05, 0) is 38.7 Å². The third kappa shape index (κ3) is 1.95. The van der Waals surface area contributed by atoms with Crippen LogP contribution in [0.15, 0.2) is 10.7 Å². The number of H-pyrrole nitrogens is 1. The molecule has 0 aromatic carbocycles. The number of ether oxygens (including phenoxy) is 1. The summed E-state index contributed by atoms with van der Waals surface area (Å²) in [6.45, 7) is 4.41. The highest BCUT2D eigenvalue weighted by Gasteiger charge is 2.23. The minimum atomic E-state index is 0.116. The van der Waals surface area contributed by atoms with Crippen molar-refractivity contribution in [3.05, 3.63) is 34.5 Å². The van der Waals surface area contributed by atoms with Crippen molar-refractivity contribution < 1.29 is 9.26 Å². The fraction of sp³-hybridized carbons (Fsp3) is 0.538. The standard InChI is InChI=1S/C13H17N3O2/c1-8-11(9(2)18-16-8)7-17-12-5-3-4-10-6-14-15-13(10)12/h6,12H,3-5,7H2,1-2H3,(H,14,15). The maximum atomic E-state index is 6.00. The van der Waals surface area contributed by atoms with Crippen molar-refractivity contribution in [1.29, 1.82) is 0 Å². The molecule has 2 aromatic heterocycles. The second kappa shape index (κ2) is 4.57. The Kier molecular flexibility index (Phi) is 2.91. The lowest BCUT2D eigenvalue weighted by Gasteiger charge is -2.22. The lowest BCUT2D eigenvalue weighted by molar-refractivity contribution is 0.0247. The van der Waals surface area contributed by atoms with Gasteiger partial charge in [-0.3, -0.25) is 5.10 Å². The van der Waals surface area contributed by atoms with Gasteiger partial charge in [-0.15, -0.1) is 0 Å². The Hall–Kier alpha value is -1.62. The molecule has 1 unspecified atom stereocenters. The summed E-state index contributed by atoms with van der Waals surface area (Å²) < 4.78 is 11.1. The van der Waals surface area contributed by atoms with Crippen molar-refractivity contribution in [3.63, 3.8) is 0 Å². The SMILES string of the molecule is Cc1noc(C)c1COC1CCCc2cn[nH]c21. The molecule has 18 heavy (non-hydrogen) atoms. The summed E-state index contributed by atoms with van der Waals surface area (Å²) in [6.07, 6.45) is 5.31. The van der Waals surface area contributed by atoms with Gasteiger partial charge in [0, 0.05) is 5.56 Å². The number of rotatable bonds is 3. The first-order chi connectivity index (χ1) is 8.75. The minimum absolute atomic E-state index is 0.116. The van der Waals surface area contributed by atoms with Crippen LogP contribution in [0.2, 0.25) is 0 Å². The van der Waals surface area contributed by atoms with Crippen molar-refractivity contribution >= 4 is 0 Å². The Morgan fingerprint density at radius 1 is 1.50 bits per heavy atom. The van der Waals surface area contributed by atoms with Crippen LogP contribution >= 0.6 is 0 Å². The van der Waals surface area contributed by atoms with E-state index in [0.29, 0.717) is 6.61 Å². The molecule has 0 aliphatic heterocycles. The predicted octanol–water partition coefficient (Wildman–Crippen LogP) is 2.61. The normalized spacial score (nSPS) is 18.9. The molecule has 96 valence electrons. The Morgan fingerprint density at radius 2 is 2.39 bits per heavy atom. The molecule has 3 rings (SSSR count). The summed E-state index contributed by atoms with van der Waals surface area (Å²) >= 11 is 0. The van der Waals surface area contributed by atoms with E-state index in [9.17, 15) is 0 Å². The number of nitrogens with zero attached hydrogens (tertiary/aromatic N) is 2.